The van der Waals surface area contributed by atoms with E-state index in [2.05, 4.69) is 6.92 Å². The van der Waals surface area contributed by atoms with Crippen LogP contribution >= 0.6 is 0 Å². The highest BCUT2D eigenvalue weighted by molar-refractivity contribution is 4.79. The Balaban J connectivity index is 2.37. The van der Waals surface area contributed by atoms with Gasteiger partial charge in [-0.1, -0.05) is 13.3 Å². The van der Waals surface area contributed by atoms with Crippen LogP contribution in [0.5, 0.6) is 0 Å². The van der Waals surface area contributed by atoms with Crippen molar-refractivity contribution in [2.75, 3.05) is 7.11 Å². The maximum Gasteiger partial charge on any atom is 0.0832 e. The Kier molecular flexibility index (Phi) is 3.34. The summed E-state index contributed by atoms with van der Waals surface area (Å²) >= 11 is 0. The van der Waals surface area contributed by atoms with Crippen molar-refractivity contribution in [1.29, 1.82) is 0 Å². The van der Waals surface area contributed by atoms with Crippen molar-refractivity contribution >= 4 is 0 Å². The smallest absolute Gasteiger partial charge is 0.0832 e. The van der Waals surface area contributed by atoms with Crippen molar-refractivity contribution in [3.8, 4) is 0 Å². The second-order valence-corrected chi connectivity index (χ2v) is 3.43. The van der Waals surface area contributed by atoms with E-state index in [9.17, 15) is 5.11 Å². The van der Waals surface area contributed by atoms with Gasteiger partial charge in [-0.2, -0.15) is 0 Å². The summed E-state index contributed by atoms with van der Waals surface area (Å²) in [5, 5.41) is 9.46. The minimum atomic E-state index is -0.220. The first kappa shape index (κ1) is 9.01. The molecule has 0 saturated heterocycles. The van der Waals surface area contributed by atoms with Crippen LogP contribution in [0.4, 0.5) is 0 Å². The molecule has 1 saturated carbocycles. The molecule has 3 atom stereocenters. The van der Waals surface area contributed by atoms with Gasteiger partial charge in [-0.05, 0) is 25.2 Å². The first-order valence-electron chi connectivity index (χ1n) is 4.48. The highest BCUT2D eigenvalue weighted by atomic mass is 16.5. The number of hydrogen-bond acceptors (Lipinski definition) is 2. The number of methoxy groups -OCH3 is 1. The molecular formula is C9H18O2. The van der Waals surface area contributed by atoms with Crippen LogP contribution in [0.1, 0.15) is 32.6 Å². The van der Waals surface area contributed by atoms with Crippen molar-refractivity contribution in [1.82, 2.24) is 0 Å². The van der Waals surface area contributed by atoms with Gasteiger partial charge in [0.1, 0.15) is 0 Å². The van der Waals surface area contributed by atoms with Gasteiger partial charge < -0.3 is 9.84 Å². The van der Waals surface area contributed by atoms with Gasteiger partial charge in [-0.3, -0.25) is 0 Å². The minimum absolute atomic E-state index is 0.0914. The number of rotatable bonds is 2. The molecule has 1 rings (SSSR count). The summed E-state index contributed by atoms with van der Waals surface area (Å²) in [7, 11) is 1.69. The van der Waals surface area contributed by atoms with Gasteiger partial charge in [0.2, 0.25) is 0 Å². The Labute approximate surface area is 68.6 Å². The quantitative estimate of drug-likeness (QED) is 0.661. The standard InChI is InChI=1S/C9H18O2/c1-3-7-4-5-8(10)9(6-7)11-2/h7-10H,3-6H2,1-2H3. The number of hydrogen-bond donors (Lipinski definition) is 1. The summed E-state index contributed by atoms with van der Waals surface area (Å²) in [4.78, 5) is 0. The molecule has 0 amide bonds. The van der Waals surface area contributed by atoms with E-state index in [0.717, 1.165) is 25.2 Å². The predicted molar refractivity (Wildman–Crippen MR) is 44.4 cm³/mol. The molecule has 1 aliphatic rings. The second kappa shape index (κ2) is 4.07. The minimum Gasteiger partial charge on any atom is -0.390 e. The molecule has 1 N–H and O–H groups in total. The van der Waals surface area contributed by atoms with Crippen molar-refractivity contribution in [3.63, 3.8) is 0 Å². The topological polar surface area (TPSA) is 29.5 Å². The molecule has 0 aromatic heterocycles. The summed E-state index contributed by atoms with van der Waals surface area (Å²) in [6.45, 7) is 2.20. The van der Waals surface area contributed by atoms with Crippen LogP contribution in [0.15, 0.2) is 0 Å². The van der Waals surface area contributed by atoms with Gasteiger partial charge >= 0.3 is 0 Å². The molecular weight excluding hydrogens is 140 g/mol. The molecule has 0 aromatic carbocycles. The summed E-state index contributed by atoms with van der Waals surface area (Å²) in [5.74, 6) is 0.767. The summed E-state index contributed by atoms with van der Waals surface area (Å²) < 4.78 is 5.19. The average molecular weight is 158 g/mol. The van der Waals surface area contributed by atoms with E-state index in [0.29, 0.717) is 0 Å². The van der Waals surface area contributed by atoms with Crippen molar-refractivity contribution < 1.29 is 9.84 Å². The Morgan fingerprint density at radius 1 is 1.45 bits per heavy atom. The largest absolute Gasteiger partial charge is 0.390 e. The highest BCUT2D eigenvalue weighted by Crippen LogP contribution is 2.28. The van der Waals surface area contributed by atoms with Gasteiger partial charge in [0, 0.05) is 7.11 Å². The molecule has 3 unspecified atom stereocenters. The summed E-state index contributed by atoms with van der Waals surface area (Å²) in [6, 6.07) is 0. The van der Waals surface area contributed by atoms with Crippen molar-refractivity contribution in [2.24, 2.45) is 5.92 Å². The van der Waals surface area contributed by atoms with Crippen molar-refractivity contribution in [3.05, 3.63) is 0 Å². The van der Waals surface area contributed by atoms with E-state index in [4.69, 9.17) is 4.74 Å². The number of ether oxygens (including phenoxy) is 1. The average Bonchev–Trinajstić information content (AvgIpc) is 2.05. The molecule has 0 aromatic rings. The molecule has 2 nitrogen and oxygen atoms in total. The van der Waals surface area contributed by atoms with Crippen LogP contribution in [-0.2, 0) is 4.74 Å². The maximum atomic E-state index is 9.46. The molecule has 0 aliphatic heterocycles. The van der Waals surface area contributed by atoms with E-state index < -0.39 is 0 Å². The third-order valence-corrected chi connectivity index (χ3v) is 2.75. The van der Waals surface area contributed by atoms with Crippen LogP contribution in [0.3, 0.4) is 0 Å². The second-order valence-electron chi connectivity index (χ2n) is 3.43. The first-order valence-corrected chi connectivity index (χ1v) is 4.48. The van der Waals surface area contributed by atoms with Gasteiger partial charge in [0.25, 0.3) is 0 Å². The van der Waals surface area contributed by atoms with Crippen LogP contribution in [0.2, 0.25) is 0 Å². The lowest BCUT2D eigenvalue weighted by Gasteiger charge is -2.31. The summed E-state index contributed by atoms with van der Waals surface area (Å²) in [5.41, 5.74) is 0. The van der Waals surface area contributed by atoms with E-state index in [1.54, 1.807) is 7.11 Å². The predicted octanol–water partition coefficient (Wildman–Crippen LogP) is 1.57. The highest BCUT2D eigenvalue weighted by Gasteiger charge is 2.27. The Morgan fingerprint density at radius 2 is 2.18 bits per heavy atom. The molecule has 0 spiro atoms. The van der Waals surface area contributed by atoms with Crippen LogP contribution in [0.25, 0.3) is 0 Å². The molecule has 0 heterocycles. The Hall–Kier alpha value is -0.0800. The lowest BCUT2D eigenvalue weighted by Crippen LogP contribution is -2.34. The lowest BCUT2D eigenvalue weighted by atomic mass is 9.84. The molecule has 0 radical (unpaired) electrons. The molecule has 2 heteroatoms. The molecule has 1 aliphatic carbocycles. The van der Waals surface area contributed by atoms with Gasteiger partial charge in [-0.25, -0.2) is 0 Å². The van der Waals surface area contributed by atoms with E-state index in [1.807, 2.05) is 0 Å². The molecule has 1 fully saturated rings. The molecule has 66 valence electrons. The zero-order valence-corrected chi connectivity index (χ0v) is 7.42. The normalized spacial score (nSPS) is 39.0. The van der Waals surface area contributed by atoms with Gasteiger partial charge in [-0.15, -0.1) is 0 Å². The Morgan fingerprint density at radius 3 is 2.73 bits per heavy atom. The van der Waals surface area contributed by atoms with Crippen LogP contribution in [-0.4, -0.2) is 24.4 Å². The fraction of sp³-hybridized carbons (Fsp3) is 1.00. The van der Waals surface area contributed by atoms with E-state index in [1.165, 1.54) is 6.42 Å². The van der Waals surface area contributed by atoms with Gasteiger partial charge in [0.15, 0.2) is 0 Å². The number of aliphatic hydroxyl groups is 1. The summed E-state index contributed by atoms with van der Waals surface area (Å²) in [6.07, 6.45) is 4.20. The zero-order chi connectivity index (χ0) is 8.27. The Bertz CT molecular complexity index is 114. The fourth-order valence-corrected chi connectivity index (χ4v) is 1.82. The number of aliphatic hydroxyl groups excluding tert-OH is 1. The van der Waals surface area contributed by atoms with Crippen LogP contribution < -0.4 is 0 Å². The molecule has 11 heavy (non-hydrogen) atoms. The fourth-order valence-electron chi connectivity index (χ4n) is 1.82. The third kappa shape index (κ3) is 2.17. The van der Waals surface area contributed by atoms with Crippen LogP contribution in [0, 0.1) is 5.92 Å². The van der Waals surface area contributed by atoms with E-state index >= 15 is 0 Å². The molecule has 0 bridgehead atoms. The monoisotopic (exact) mass is 158 g/mol. The maximum absolute atomic E-state index is 9.46. The third-order valence-electron chi connectivity index (χ3n) is 2.75. The van der Waals surface area contributed by atoms with Gasteiger partial charge in [0.05, 0.1) is 12.2 Å². The zero-order valence-electron chi connectivity index (χ0n) is 7.42. The lowest BCUT2D eigenvalue weighted by molar-refractivity contribution is -0.0507. The van der Waals surface area contributed by atoms with E-state index in [-0.39, 0.29) is 12.2 Å². The van der Waals surface area contributed by atoms with Crippen molar-refractivity contribution in [2.45, 2.75) is 44.8 Å². The first-order chi connectivity index (χ1) is 5.27. The SMILES string of the molecule is CCC1CCC(O)C(OC)C1.